The van der Waals surface area contributed by atoms with E-state index >= 15 is 0 Å². The van der Waals surface area contributed by atoms with E-state index in [-0.39, 0.29) is 5.91 Å². The number of anilines is 1. The fraction of sp³-hybridized carbons (Fsp3) is 0.100. The van der Waals surface area contributed by atoms with E-state index in [4.69, 9.17) is 4.98 Å². The van der Waals surface area contributed by atoms with E-state index < -0.39 is 0 Å². The van der Waals surface area contributed by atoms with Crippen molar-refractivity contribution < 1.29 is 4.79 Å². The van der Waals surface area contributed by atoms with Gasteiger partial charge in [0.15, 0.2) is 0 Å². The molecule has 124 valence electrons. The third-order valence-corrected chi connectivity index (χ3v) is 4.90. The zero-order valence-electron chi connectivity index (χ0n) is 13.8. The number of aromatic nitrogens is 2. The molecule has 25 heavy (non-hydrogen) atoms. The highest BCUT2D eigenvalue weighted by Crippen LogP contribution is 2.29. The number of rotatable bonds is 4. The molecule has 4 nitrogen and oxygen atoms in total. The summed E-state index contributed by atoms with van der Waals surface area (Å²) < 4.78 is 1.92. The predicted octanol–water partition coefficient (Wildman–Crippen LogP) is 4.55. The Bertz CT molecular complexity index is 1020. The Morgan fingerprint density at radius 3 is 2.72 bits per heavy atom. The first-order valence-electron chi connectivity index (χ1n) is 8.07. The van der Waals surface area contributed by atoms with Crippen LogP contribution >= 0.6 is 11.3 Å². The average Bonchev–Trinajstić information content (AvgIpc) is 3.24. The molecule has 4 aromatic rings. The summed E-state index contributed by atoms with van der Waals surface area (Å²) in [7, 11) is 0. The van der Waals surface area contributed by atoms with Crippen molar-refractivity contribution in [1.82, 2.24) is 9.38 Å². The quantitative estimate of drug-likeness (QED) is 0.588. The number of pyridine rings is 1. The smallest absolute Gasteiger partial charge is 0.230 e. The van der Waals surface area contributed by atoms with Crippen LogP contribution in [-0.4, -0.2) is 15.3 Å². The zero-order chi connectivity index (χ0) is 17.2. The number of imidazole rings is 1. The van der Waals surface area contributed by atoms with E-state index in [0.29, 0.717) is 12.2 Å². The molecule has 0 aliphatic rings. The van der Waals surface area contributed by atoms with Crippen LogP contribution in [0.2, 0.25) is 0 Å². The number of nitrogens with zero attached hydrogens (tertiary/aromatic N) is 2. The summed E-state index contributed by atoms with van der Waals surface area (Å²) in [5.41, 5.74) is 3.77. The molecular formula is C20H17N3OS. The van der Waals surface area contributed by atoms with Gasteiger partial charge in [-0.3, -0.25) is 9.20 Å². The van der Waals surface area contributed by atoms with Crippen LogP contribution in [0.5, 0.6) is 0 Å². The van der Waals surface area contributed by atoms with Crippen molar-refractivity contribution in [2.45, 2.75) is 13.3 Å². The molecule has 0 spiro atoms. The van der Waals surface area contributed by atoms with Gasteiger partial charge < -0.3 is 5.32 Å². The van der Waals surface area contributed by atoms with Crippen LogP contribution in [0.3, 0.4) is 0 Å². The first-order valence-corrected chi connectivity index (χ1v) is 8.95. The summed E-state index contributed by atoms with van der Waals surface area (Å²) >= 11 is 1.59. The molecule has 0 fully saturated rings. The van der Waals surface area contributed by atoms with Gasteiger partial charge in [-0.05, 0) is 30.5 Å². The molecule has 1 N–H and O–H groups in total. The fourth-order valence-electron chi connectivity index (χ4n) is 2.78. The van der Waals surface area contributed by atoms with Gasteiger partial charge in [0.25, 0.3) is 0 Å². The maximum atomic E-state index is 12.5. The molecule has 1 amide bonds. The van der Waals surface area contributed by atoms with Crippen molar-refractivity contribution in [2.24, 2.45) is 0 Å². The molecule has 4 rings (SSSR count). The molecule has 0 unspecified atom stereocenters. The molecule has 0 aliphatic carbocycles. The minimum Gasteiger partial charge on any atom is -0.310 e. The van der Waals surface area contributed by atoms with Crippen molar-refractivity contribution in [2.75, 3.05) is 5.32 Å². The van der Waals surface area contributed by atoms with Crippen LogP contribution in [0.25, 0.3) is 16.9 Å². The van der Waals surface area contributed by atoms with Gasteiger partial charge in [-0.15, -0.1) is 11.3 Å². The topological polar surface area (TPSA) is 46.4 Å². The second kappa shape index (κ2) is 6.53. The van der Waals surface area contributed by atoms with Crippen LogP contribution in [0.15, 0.2) is 66.2 Å². The van der Waals surface area contributed by atoms with Crippen molar-refractivity contribution in [3.8, 4) is 11.3 Å². The number of amides is 1. The lowest BCUT2D eigenvalue weighted by Crippen LogP contribution is -2.15. The molecule has 0 atom stereocenters. The lowest BCUT2D eigenvalue weighted by molar-refractivity contribution is -0.115. The number of hydrogen-bond acceptors (Lipinski definition) is 3. The summed E-state index contributed by atoms with van der Waals surface area (Å²) in [6.45, 7) is 2.05. The largest absolute Gasteiger partial charge is 0.310 e. The molecule has 1 aromatic carbocycles. The number of carbonyl (C=O) groups excluding carboxylic acids is 1. The van der Waals surface area contributed by atoms with Crippen molar-refractivity contribution >= 4 is 28.7 Å². The van der Waals surface area contributed by atoms with E-state index in [1.807, 2.05) is 58.4 Å². The van der Waals surface area contributed by atoms with E-state index in [1.54, 1.807) is 11.3 Å². The molecular weight excluding hydrogens is 330 g/mol. The number of aryl methyl sites for hydroxylation is 1. The number of nitrogens with one attached hydrogen (secondary N) is 1. The number of benzene rings is 1. The Morgan fingerprint density at radius 2 is 1.96 bits per heavy atom. The molecule has 0 saturated carbocycles. The number of fused-ring (bicyclic) bond motifs is 1. The lowest BCUT2D eigenvalue weighted by Gasteiger charge is -2.07. The first-order chi connectivity index (χ1) is 12.2. The van der Waals surface area contributed by atoms with Gasteiger partial charge in [-0.25, -0.2) is 4.98 Å². The second-order valence-corrected chi connectivity index (χ2v) is 6.94. The Kier molecular flexibility index (Phi) is 4.07. The molecule has 3 heterocycles. The van der Waals surface area contributed by atoms with Crippen molar-refractivity contribution in [3.63, 3.8) is 0 Å². The molecule has 0 aliphatic heterocycles. The first kappa shape index (κ1) is 15.6. The molecule has 3 aromatic heterocycles. The highest BCUT2D eigenvalue weighted by atomic mass is 32.1. The fourth-order valence-corrected chi connectivity index (χ4v) is 3.48. The molecule has 5 heteroatoms. The minimum absolute atomic E-state index is 0.0403. The Morgan fingerprint density at radius 1 is 1.12 bits per heavy atom. The molecule has 0 saturated heterocycles. The van der Waals surface area contributed by atoms with Gasteiger partial charge in [0, 0.05) is 16.6 Å². The lowest BCUT2D eigenvalue weighted by atomic mass is 10.1. The van der Waals surface area contributed by atoms with Gasteiger partial charge in [-0.1, -0.05) is 42.0 Å². The predicted molar refractivity (Wildman–Crippen MR) is 102 cm³/mol. The van der Waals surface area contributed by atoms with E-state index in [1.165, 1.54) is 5.56 Å². The Balaban J connectivity index is 1.74. The summed E-state index contributed by atoms with van der Waals surface area (Å²) in [6.07, 6.45) is 2.28. The zero-order valence-corrected chi connectivity index (χ0v) is 14.6. The molecule has 0 bridgehead atoms. The number of hydrogen-bond donors (Lipinski definition) is 1. The SMILES string of the molecule is Cc1ccc(-c2nc3ccccn3c2NC(=O)Cc2cccs2)cc1. The monoisotopic (exact) mass is 347 g/mol. The highest BCUT2D eigenvalue weighted by Gasteiger charge is 2.16. The maximum Gasteiger partial charge on any atom is 0.230 e. The van der Waals surface area contributed by atoms with Gasteiger partial charge >= 0.3 is 0 Å². The van der Waals surface area contributed by atoms with Gasteiger partial charge in [-0.2, -0.15) is 0 Å². The van der Waals surface area contributed by atoms with E-state index in [0.717, 1.165) is 21.8 Å². The van der Waals surface area contributed by atoms with Crippen molar-refractivity contribution in [3.05, 3.63) is 76.6 Å². The normalized spacial score (nSPS) is 10.9. The van der Waals surface area contributed by atoms with Gasteiger partial charge in [0.2, 0.25) is 5.91 Å². The van der Waals surface area contributed by atoms with Crippen LogP contribution in [0, 0.1) is 6.92 Å². The standard InChI is InChI=1S/C20H17N3OS/c1-14-7-9-15(10-8-14)19-20(23-11-3-2-6-17(23)21-19)22-18(24)13-16-5-4-12-25-16/h2-12H,13H2,1H3,(H,22,24). The third-order valence-electron chi connectivity index (χ3n) is 4.03. The minimum atomic E-state index is -0.0403. The second-order valence-electron chi connectivity index (χ2n) is 5.91. The Labute approximate surface area is 149 Å². The maximum absolute atomic E-state index is 12.5. The van der Waals surface area contributed by atoms with E-state index in [2.05, 4.69) is 24.4 Å². The summed E-state index contributed by atoms with van der Waals surface area (Å²) in [5.74, 6) is 0.669. The van der Waals surface area contributed by atoms with E-state index in [9.17, 15) is 4.79 Å². The molecule has 0 radical (unpaired) electrons. The van der Waals surface area contributed by atoms with Crippen LogP contribution in [-0.2, 0) is 11.2 Å². The Hall–Kier alpha value is -2.92. The third kappa shape index (κ3) is 3.19. The number of thiophene rings is 1. The van der Waals surface area contributed by atoms with Crippen molar-refractivity contribution in [1.29, 1.82) is 0 Å². The van der Waals surface area contributed by atoms with Crippen LogP contribution < -0.4 is 5.32 Å². The number of carbonyl (C=O) groups is 1. The summed E-state index contributed by atoms with van der Waals surface area (Å²) in [6, 6.07) is 17.9. The van der Waals surface area contributed by atoms with Crippen LogP contribution in [0.1, 0.15) is 10.4 Å². The summed E-state index contributed by atoms with van der Waals surface area (Å²) in [5, 5.41) is 5.03. The average molecular weight is 347 g/mol. The summed E-state index contributed by atoms with van der Waals surface area (Å²) in [4.78, 5) is 18.3. The van der Waals surface area contributed by atoms with Gasteiger partial charge in [0.05, 0.1) is 6.42 Å². The highest BCUT2D eigenvalue weighted by molar-refractivity contribution is 7.10. The van der Waals surface area contributed by atoms with Gasteiger partial charge in [0.1, 0.15) is 17.2 Å². The van der Waals surface area contributed by atoms with Crippen LogP contribution in [0.4, 0.5) is 5.82 Å².